The molecule has 118 valence electrons. The van der Waals surface area contributed by atoms with Crippen molar-refractivity contribution in [3.8, 4) is 0 Å². The van der Waals surface area contributed by atoms with E-state index >= 15 is 0 Å². The minimum Gasteiger partial charge on any atom is -0.310 e. The molecule has 1 saturated heterocycles. The van der Waals surface area contributed by atoms with E-state index in [2.05, 4.69) is 24.1 Å². The molecule has 1 N–H and O–H groups in total. The Balaban J connectivity index is 1.77. The van der Waals surface area contributed by atoms with Gasteiger partial charge < -0.3 is 10.2 Å². The number of rotatable bonds is 6. The first-order valence-corrected chi connectivity index (χ1v) is 8.37. The van der Waals surface area contributed by atoms with Gasteiger partial charge in [-0.2, -0.15) is 0 Å². The smallest absolute Gasteiger partial charge is 0.141 e. The molecule has 0 saturated carbocycles. The molecule has 1 heterocycles. The number of piperidine rings is 1. The molecule has 0 amide bonds. The van der Waals surface area contributed by atoms with Crippen LogP contribution in [-0.2, 0) is 6.54 Å². The fourth-order valence-electron chi connectivity index (χ4n) is 3.09. The number of hydrogen-bond acceptors (Lipinski definition) is 2. The Bertz CT molecular complexity index is 444. The standard InChI is InChI=1S/C17H26ClFN2/c1-3-8-21-9-6-15(7-10-21)13(2)20-12-14-4-5-17(19)16(18)11-14/h4-5,11,13,15,20H,3,6-10,12H2,1-2H3. The lowest BCUT2D eigenvalue weighted by Crippen LogP contribution is -2.41. The maximum Gasteiger partial charge on any atom is 0.141 e. The molecule has 2 rings (SSSR count). The summed E-state index contributed by atoms with van der Waals surface area (Å²) in [6, 6.07) is 5.43. The van der Waals surface area contributed by atoms with Crippen LogP contribution in [0.5, 0.6) is 0 Å². The van der Waals surface area contributed by atoms with E-state index in [4.69, 9.17) is 11.6 Å². The Morgan fingerprint density at radius 1 is 1.38 bits per heavy atom. The highest BCUT2D eigenvalue weighted by molar-refractivity contribution is 6.30. The van der Waals surface area contributed by atoms with Crippen molar-refractivity contribution in [2.75, 3.05) is 19.6 Å². The highest BCUT2D eigenvalue weighted by Gasteiger charge is 2.23. The van der Waals surface area contributed by atoms with Crippen LogP contribution in [0.25, 0.3) is 0 Å². The van der Waals surface area contributed by atoms with E-state index < -0.39 is 0 Å². The van der Waals surface area contributed by atoms with Gasteiger partial charge >= 0.3 is 0 Å². The zero-order valence-corrected chi connectivity index (χ0v) is 13.8. The number of nitrogens with one attached hydrogen (secondary N) is 1. The number of likely N-dealkylation sites (tertiary alicyclic amines) is 1. The summed E-state index contributed by atoms with van der Waals surface area (Å²) in [6.45, 7) is 8.90. The number of hydrogen-bond donors (Lipinski definition) is 1. The van der Waals surface area contributed by atoms with Crippen LogP contribution in [0, 0.1) is 11.7 Å². The Hall–Kier alpha value is -0.640. The Morgan fingerprint density at radius 2 is 2.10 bits per heavy atom. The van der Waals surface area contributed by atoms with Crippen LogP contribution in [-0.4, -0.2) is 30.6 Å². The van der Waals surface area contributed by atoms with Crippen molar-refractivity contribution in [1.29, 1.82) is 0 Å². The Morgan fingerprint density at radius 3 is 2.71 bits per heavy atom. The first-order chi connectivity index (χ1) is 10.1. The average Bonchev–Trinajstić information content (AvgIpc) is 2.49. The van der Waals surface area contributed by atoms with Crippen molar-refractivity contribution >= 4 is 11.6 Å². The summed E-state index contributed by atoms with van der Waals surface area (Å²) in [7, 11) is 0. The Labute approximate surface area is 132 Å². The lowest BCUT2D eigenvalue weighted by molar-refractivity contribution is 0.162. The first-order valence-electron chi connectivity index (χ1n) is 7.99. The SMILES string of the molecule is CCCN1CCC(C(C)NCc2ccc(F)c(Cl)c2)CC1. The topological polar surface area (TPSA) is 15.3 Å². The fourth-order valence-corrected chi connectivity index (χ4v) is 3.29. The van der Waals surface area contributed by atoms with Gasteiger partial charge in [-0.15, -0.1) is 0 Å². The number of benzene rings is 1. The lowest BCUT2D eigenvalue weighted by atomic mass is 9.90. The van der Waals surface area contributed by atoms with Crippen molar-refractivity contribution in [2.45, 2.75) is 45.7 Å². The van der Waals surface area contributed by atoms with Crippen molar-refractivity contribution in [3.63, 3.8) is 0 Å². The molecule has 1 unspecified atom stereocenters. The largest absolute Gasteiger partial charge is 0.310 e. The van der Waals surface area contributed by atoms with E-state index in [0.29, 0.717) is 6.04 Å². The molecule has 1 aliphatic rings. The third kappa shape index (κ3) is 4.94. The van der Waals surface area contributed by atoms with Crippen LogP contribution < -0.4 is 5.32 Å². The molecule has 4 heteroatoms. The van der Waals surface area contributed by atoms with E-state index in [9.17, 15) is 4.39 Å². The van der Waals surface area contributed by atoms with E-state index in [1.165, 1.54) is 45.0 Å². The van der Waals surface area contributed by atoms with Gasteiger partial charge in [0.25, 0.3) is 0 Å². The second kappa shape index (κ2) is 8.11. The average molecular weight is 313 g/mol. The highest BCUT2D eigenvalue weighted by Crippen LogP contribution is 2.21. The molecule has 2 nitrogen and oxygen atoms in total. The molecule has 1 aromatic rings. The zero-order valence-electron chi connectivity index (χ0n) is 13.0. The van der Waals surface area contributed by atoms with Crippen LogP contribution >= 0.6 is 11.6 Å². The number of nitrogens with zero attached hydrogens (tertiary/aromatic N) is 1. The maximum absolute atomic E-state index is 13.1. The second-order valence-corrected chi connectivity index (χ2v) is 6.50. The van der Waals surface area contributed by atoms with E-state index in [-0.39, 0.29) is 10.8 Å². The normalized spacial score (nSPS) is 18.9. The summed E-state index contributed by atoms with van der Waals surface area (Å²) >= 11 is 5.82. The van der Waals surface area contributed by atoms with Gasteiger partial charge in [-0.25, -0.2) is 4.39 Å². The van der Waals surface area contributed by atoms with Gasteiger partial charge in [-0.1, -0.05) is 24.6 Å². The maximum atomic E-state index is 13.1. The number of halogens is 2. The minimum absolute atomic E-state index is 0.204. The monoisotopic (exact) mass is 312 g/mol. The summed E-state index contributed by atoms with van der Waals surface area (Å²) in [6.07, 6.45) is 3.76. The summed E-state index contributed by atoms with van der Waals surface area (Å²) in [5.74, 6) is 0.380. The predicted octanol–water partition coefficient (Wildman–Crippen LogP) is 4.08. The summed E-state index contributed by atoms with van der Waals surface area (Å²) in [5, 5.41) is 3.77. The third-order valence-electron chi connectivity index (χ3n) is 4.49. The molecule has 0 spiro atoms. The van der Waals surface area contributed by atoms with Crippen molar-refractivity contribution in [1.82, 2.24) is 10.2 Å². The molecule has 1 fully saturated rings. The van der Waals surface area contributed by atoms with Gasteiger partial charge in [0.15, 0.2) is 0 Å². The predicted molar refractivity (Wildman–Crippen MR) is 87.2 cm³/mol. The fraction of sp³-hybridized carbons (Fsp3) is 0.647. The molecule has 1 aromatic carbocycles. The summed E-state index contributed by atoms with van der Waals surface area (Å²) in [5.41, 5.74) is 1.04. The molecule has 0 radical (unpaired) electrons. The lowest BCUT2D eigenvalue weighted by Gasteiger charge is -2.35. The zero-order chi connectivity index (χ0) is 15.2. The van der Waals surface area contributed by atoms with Gasteiger partial charge in [0.2, 0.25) is 0 Å². The molecule has 1 aliphatic heterocycles. The molecule has 0 aromatic heterocycles. The molecule has 21 heavy (non-hydrogen) atoms. The minimum atomic E-state index is -0.350. The quantitative estimate of drug-likeness (QED) is 0.851. The highest BCUT2D eigenvalue weighted by atomic mass is 35.5. The second-order valence-electron chi connectivity index (χ2n) is 6.10. The van der Waals surface area contributed by atoms with E-state index in [1.54, 1.807) is 12.1 Å². The van der Waals surface area contributed by atoms with Gasteiger partial charge in [0, 0.05) is 12.6 Å². The summed E-state index contributed by atoms with van der Waals surface area (Å²) in [4.78, 5) is 2.56. The van der Waals surface area contributed by atoms with Gasteiger partial charge in [0.1, 0.15) is 5.82 Å². The van der Waals surface area contributed by atoms with Gasteiger partial charge in [-0.3, -0.25) is 0 Å². The Kier molecular flexibility index (Phi) is 6.46. The van der Waals surface area contributed by atoms with Gasteiger partial charge in [-0.05, 0) is 69.4 Å². The van der Waals surface area contributed by atoms with Gasteiger partial charge in [0.05, 0.1) is 5.02 Å². The van der Waals surface area contributed by atoms with E-state index in [1.807, 2.05) is 0 Å². The first kappa shape index (κ1) is 16.7. The molecular weight excluding hydrogens is 287 g/mol. The molecule has 0 aliphatic carbocycles. The van der Waals surface area contributed by atoms with Crippen molar-refractivity contribution in [3.05, 3.63) is 34.6 Å². The van der Waals surface area contributed by atoms with Crippen molar-refractivity contribution < 1.29 is 4.39 Å². The van der Waals surface area contributed by atoms with Crippen LogP contribution in [0.3, 0.4) is 0 Å². The third-order valence-corrected chi connectivity index (χ3v) is 4.78. The van der Waals surface area contributed by atoms with Crippen LogP contribution in [0.1, 0.15) is 38.7 Å². The van der Waals surface area contributed by atoms with Crippen molar-refractivity contribution in [2.24, 2.45) is 5.92 Å². The van der Waals surface area contributed by atoms with Crippen LogP contribution in [0.4, 0.5) is 4.39 Å². The van der Waals surface area contributed by atoms with Crippen LogP contribution in [0.2, 0.25) is 5.02 Å². The van der Waals surface area contributed by atoms with Crippen LogP contribution in [0.15, 0.2) is 18.2 Å². The van der Waals surface area contributed by atoms with E-state index in [0.717, 1.165) is 18.0 Å². The molecular formula is C17H26ClFN2. The molecule has 1 atom stereocenters. The molecule has 0 bridgehead atoms. The summed E-state index contributed by atoms with van der Waals surface area (Å²) < 4.78 is 13.1.